The van der Waals surface area contributed by atoms with Gasteiger partial charge in [0.2, 0.25) is 0 Å². The zero-order valence-electron chi connectivity index (χ0n) is 21.0. The van der Waals surface area contributed by atoms with Crippen LogP contribution in [0.4, 0.5) is 10.1 Å². The van der Waals surface area contributed by atoms with E-state index in [9.17, 15) is 14.7 Å². The fourth-order valence-corrected chi connectivity index (χ4v) is 4.15. The fraction of sp³-hybridized carbons (Fsp3) is 0.423. The molecule has 1 heterocycles. The highest BCUT2D eigenvalue weighted by Crippen LogP contribution is 2.34. The van der Waals surface area contributed by atoms with Crippen LogP contribution in [-0.2, 0) is 14.3 Å². The lowest BCUT2D eigenvalue weighted by Gasteiger charge is -2.32. The molecule has 5 N–H and O–H groups in total. The average Bonchev–Trinajstić information content (AvgIpc) is 2.85. The molecule has 2 atom stereocenters. The molecule has 0 saturated carbocycles. The second kappa shape index (κ2) is 12.9. The maximum Gasteiger partial charge on any atom is 0.330 e. The number of nitrogens with zero attached hydrogens (tertiary/aromatic N) is 1. The van der Waals surface area contributed by atoms with Crippen LogP contribution in [-0.4, -0.2) is 66.7 Å². The molecule has 1 fully saturated rings. The molecule has 2 aromatic rings. The smallest absolute Gasteiger partial charge is 0.330 e. The number of likely N-dealkylation sites (tertiary alicyclic amines) is 1. The molecule has 0 aromatic heterocycles. The number of amidine groups is 1. The maximum absolute atomic E-state index is 15.7. The number of halogens is 1. The number of esters is 1. The standard InChI is InChI=1S/C26H33FN4O6/c1-3-35-19-12-20(24(26(33)34)30-17-9-7-16(8-10-17)25(28)29)23(27)21(13-19)37-18-6-5-11-31(14-18)15-22(32)36-4-2/h7-10,12-13,18,24,30H,3-6,11,14-15H2,1-2H3,(H3,28,29)(H,33,34). The molecule has 37 heavy (non-hydrogen) atoms. The summed E-state index contributed by atoms with van der Waals surface area (Å²) in [5.41, 5.74) is 6.20. The summed E-state index contributed by atoms with van der Waals surface area (Å²) in [6, 6.07) is 7.57. The number of carboxylic acid groups (broad SMARTS) is 1. The van der Waals surface area contributed by atoms with Gasteiger partial charge in [-0.2, -0.15) is 0 Å². The van der Waals surface area contributed by atoms with Crippen LogP contribution in [0.25, 0.3) is 0 Å². The Morgan fingerprint density at radius 1 is 1.24 bits per heavy atom. The van der Waals surface area contributed by atoms with Crippen molar-refractivity contribution < 1.29 is 33.3 Å². The van der Waals surface area contributed by atoms with Crippen molar-refractivity contribution in [2.75, 3.05) is 38.2 Å². The fourth-order valence-electron chi connectivity index (χ4n) is 4.15. The predicted molar refractivity (Wildman–Crippen MR) is 136 cm³/mol. The average molecular weight is 517 g/mol. The number of hydrogen-bond donors (Lipinski definition) is 4. The van der Waals surface area contributed by atoms with Gasteiger partial charge < -0.3 is 30.4 Å². The second-order valence-corrected chi connectivity index (χ2v) is 8.59. The second-order valence-electron chi connectivity index (χ2n) is 8.59. The van der Waals surface area contributed by atoms with Crippen LogP contribution in [0, 0.1) is 11.2 Å². The number of nitrogen functional groups attached to an aromatic ring is 1. The van der Waals surface area contributed by atoms with Gasteiger partial charge >= 0.3 is 11.9 Å². The van der Waals surface area contributed by atoms with E-state index in [1.807, 2.05) is 4.90 Å². The lowest BCUT2D eigenvalue weighted by atomic mass is 10.0. The van der Waals surface area contributed by atoms with Crippen LogP contribution in [0.15, 0.2) is 36.4 Å². The Bertz CT molecular complexity index is 1110. The Morgan fingerprint density at radius 3 is 2.59 bits per heavy atom. The van der Waals surface area contributed by atoms with Gasteiger partial charge in [-0.25, -0.2) is 9.18 Å². The summed E-state index contributed by atoms with van der Waals surface area (Å²) >= 11 is 0. The van der Waals surface area contributed by atoms with Crippen molar-refractivity contribution in [2.45, 2.75) is 38.8 Å². The topological polar surface area (TPSA) is 147 Å². The van der Waals surface area contributed by atoms with Crippen molar-refractivity contribution in [1.82, 2.24) is 4.90 Å². The zero-order chi connectivity index (χ0) is 26.9. The molecule has 0 amide bonds. The van der Waals surface area contributed by atoms with Crippen LogP contribution in [0.3, 0.4) is 0 Å². The normalized spacial score (nSPS) is 16.5. The molecular formula is C26H33FN4O6. The summed E-state index contributed by atoms with van der Waals surface area (Å²) < 4.78 is 32.3. The molecule has 0 aliphatic carbocycles. The van der Waals surface area contributed by atoms with E-state index in [-0.39, 0.29) is 35.4 Å². The van der Waals surface area contributed by atoms with Gasteiger partial charge in [0.05, 0.1) is 19.8 Å². The lowest BCUT2D eigenvalue weighted by molar-refractivity contribution is -0.145. The first-order valence-corrected chi connectivity index (χ1v) is 12.2. The summed E-state index contributed by atoms with van der Waals surface area (Å²) in [6.07, 6.45) is 0.993. The Kier molecular flexibility index (Phi) is 9.67. The van der Waals surface area contributed by atoms with Gasteiger partial charge in [0, 0.05) is 29.4 Å². The predicted octanol–water partition coefficient (Wildman–Crippen LogP) is 3.15. The molecule has 2 aromatic carbocycles. The van der Waals surface area contributed by atoms with E-state index >= 15 is 4.39 Å². The van der Waals surface area contributed by atoms with E-state index < -0.39 is 23.9 Å². The number of anilines is 1. The number of carbonyl (C=O) groups excluding carboxylic acids is 1. The molecule has 11 heteroatoms. The van der Waals surface area contributed by atoms with Crippen LogP contribution >= 0.6 is 0 Å². The molecule has 2 unspecified atom stereocenters. The molecular weight excluding hydrogens is 483 g/mol. The quantitative estimate of drug-likeness (QED) is 0.190. The van der Waals surface area contributed by atoms with Crippen molar-refractivity contribution in [3.63, 3.8) is 0 Å². The van der Waals surface area contributed by atoms with E-state index in [4.69, 9.17) is 25.4 Å². The highest BCUT2D eigenvalue weighted by molar-refractivity contribution is 5.95. The summed E-state index contributed by atoms with van der Waals surface area (Å²) in [5.74, 6) is -2.42. The molecule has 1 aliphatic rings. The first-order valence-electron chi connectivity index (χ1n) is 12.2. The van der Waals surface area contributed by atoms with Crippen molar-refractivity contribution in [3.05, 3.63) is 53.3 Å². The van der Waals surface area contributed by atoms with E-state index in [1.54, 1.807) is 38.1 Å². The van der Waals surface area contributed by atoms with Crippen LogP contribution < -0.4 is 20.5 Å². The summed E-state index contributed by atoms with van der Waals surface area (Å²) in [7, 11) is 0. The summed E-state index contributed by atoms with van der Waals surface area (Å²) in [5, 5.41) is 20.3. The SMILES string of the molecule is CCOC(=O)CN1CCCC(Oc2cc(OCC)cc(C(Nc3ccc(C(=N)N)cc3)C(=O)O)c2F)C1. The van der Waals surface area contributed by atoms with Gasteiger partial charge in [-0.05, 0) is 63.6 Å². The molecule has 0 spiro atoms. The van der Waals surface area contributed by atoms with Crippen molar-refractivity contribution in [2.24, 2.45) is 5.73 Å². The van der Waals surface area contributed by atoms with Gasteiger partial charge in [0.25, 0.3) is 0 Å². The van der Waals surface area contributed by atoms with E-state index in [2.05, 4.69) is 5.32 Å². The highest BCUT2D eigenvalue weighted by Gasteiger charge is 2.29. The van der Waals surface area contributed by atoms with Gasteiger partial charge in [-0.15, -0.1) is 0 Å². The third kappa shape index (κ3) is 7.56. The maximum atomic E-state index is 15.7. The number of rotatable bonds is 12. The summed E-state index contributed by atoms with van der Waals surface area (Å²) in [6.45, 7) is 5.30. The molecule has 1 saturated heterocycles. The van der Waals surface area contributed by atoms with Crippen LogP contribution in [0.5, 0.6) is 11.5 Å². The van der Waals surface area contributed by atoms with Gasteiger partial charge in [0.1, 0.15) is 17.7 Å². The Hall–Kier alpha value is -3.86. The molecule has 1 aliphatic heterocycles. The highest BCUT2D eigenvalue weighted by atomic mass is 19.1. The number of hydrogen-bond acceptors (Lipinski definition) is 8. The number of ether oxygens (including phenoxy) is 3. The van der Waals surface area contributed by atoms with Crippen LogP contribution in [0.2, 0.25) is 0 Å². The van der Waals surface area contributed by atoms with Crippen molar-refractivity contribution in [3.8, 4) is 11.5 Å². The minimum Gasteiger partial charge on any atom is -0.494 e. The minimum atomic E-state index is -1.45. The number of benzene rings is 2. The number of nitrogens with one attached hydrogen (secondary N) is 2. The van der Waals surface area contributed by atoms with Crippen LogP contribution in [0.1, 0.15) is 43.9 Å². The van der Waals surface area contributed by atoms with E-state index in [0.29, 0.717) is 44.0 Å². The monoisotopic (exact) mass is 516 g/mol. The number of carboxylic acids is 1. The third-order valence-electron chi connectivity index (χ3n) is 5.83. The molecule has 3 rings (SSSR count). The minimum absolute atomic E-state index is 0.119. The number of aliphatic carboxylic acids is 1. The largest absolute Gasteiger partial charge is 0.494 e. The van der Waals surface area contributed by atoms with Gasteiger partial charge in [-0.1, -0.05) is 0 Å². The molecule has 200 valence electrons. The molecule has 0 bridgehead atoms. The third-order valence-corrected chi connectivity index (χ3v) is 5.83. The van der Waals surface area contributed by atoms with E-state index in [0.717, 1.165) is 6.42 Å². The Balaban J connectivity index is 1.85. The molecule has 10 nitrogen and oxygen atoms in total. The lowest BCUT2D eigenvalue weighted by Crippen LogP contribution is -2.43. The zero-order valence-corrected chi connectivity index (χ0v) is 21.0. The van der Waals surface area contributed by atoms with Gasteiger partial charge in [0.15, 0.2) is 17.6 Å². The van der Waals surface area contributed by atoms with Gasteiger partial charge in [-0.3, -0.25) is 15.1 Å². The van der Waals surface area contributed by atoms with E-state index in [1.165, 1.54) is 12.1 Å². The number of piperidine rings is 1. The number of carbonyl (C=O) groups is 2. The Morgan fingerprint density at radius 2 is 1.97 bits per heavy atom. The summed E-state index contributed by atoms with van der Waals surface area (Å²) in [4.78, 5) is 26.0. The Labute approximate surface area is 215 Å². The first-order chi connectivity index (χ1) is 17.7. The molecule has 0 radical (unpaired) electrons. The van der Waals surface area contributed by atoms with Crippen molar-refractivity contribution >= 4 is 23.5 Å². The number of nitrogens with two attached hydrogens (primary N) is 1. The first kappa shape index (κ1) is 27.7. The van der Waals surface area contributed by atoms with Crippen molar-refractivity contribution in [1.29, 1.82) is 5.41 Å².